The molecule has 1 aliphatic rings. The highest BCUT2D eigenvalue weighted by molar-refractivity contribution is 5.94. The molecule has 0 saturated carbocycles. The summed E-state index contributed by atoms with van der Waals surface area (Å²) in [7, 11) is 1.66. The van der Waals surface area contributed by atoms with Gasteiger partial charge in [-0.05, 0) is 25.0 Å². The highest BCUT2D eigenvalue weighted by atomic mass is 16.2. The molecule has 0 radical (unpaired) electrons. The summed E-state index contributed by atoms with van der Waals surface area (Å²) in [6.07, 6.45) is 6.72. The number of aromatic nitrogens is 3. The molecule has 1 saturated heterocycles. The fourth-order valence-electron chi connectivity index (χ4n) is 2.64. The average Bonchev–Trinajstić information content (AvgIpc) is 2.59. The van der Waals surface area contributed by atoms with Crippen molar-refractivity contribution in [2.24, 2.45) is 7.05 Å². The number of carbonyl (C=O) groups excluding carboxylic acids is 1. The van der Waals surface area contributed by atoms with E-state index in [1.54, 1.807) is 37.8 Å². The lowest BCUT2D eigenvalue weighted by Gasteiger charge is -2.32. The largest absolute Gasteiger partial charge is 0.349 e. The van der Waals surface area contributed by atoms with Crippen molar-refractivity contribution in [3.05, 3.63) is 52.7 Å². The lowest BCUT2D eigenvalue weighted by Crippen LogP contribution is -2.45. The third kappa shape index (κ3) is 3.56. The summed E-state index contributed by atoms with van der Waals surface area (Å²) in [5.41, 5.74) is 0.218. The molecule has 23 heavy (non-hydrogen) atoms. The van der Waals surface area contributed by atoms with Crippen LogP contribution in [0.1, 0.15) is 23.2 Å². The van der Waals surface area contributed by atoms with Crippen molar-refractivity contribution in [2.75, 3.05) is 18.0 Å². The zero-order valence-electron chi connectivity index (χ0n) is 13.0. The lowest BCUT2D eigenvalue weighted by atomic mass is 10.0. The quantitative estimate of drug-likeness (QED) is 0.896. The summed E-state index contributed by atoms with van der Waals surface area (Å²) >= 11 is 0. The number of hydrogen-bond acceptors (Lipinski definition) is 5. The van der Waals surface area contributed by atoms with E-state index < -0.39 is 0 Å². The second-order valence-corrected chi connectivity index (χ2v) is 5.65. The van der Waals surface area contributed by atoms with Gasteiger partial charge in [0.25, 0.3) is 11.5 Å². The first-order valence-electron chi connectivity index (χ1n) is 7.63. The average molecular weight is 313 g/mol. The molecule has 7 nitrogen and oxygen atoms in total. The van der Waals surface area contributed by atoms with Crippen molar-refractivity contribution in [3.8, 4) is 0 Å². The van der Waals surface area contributed by atoms with Gasteiger partial charge in [-0.2, -0.15) is 0 Å². The molecule has 1 aliphatic heterocycles. The molecule has 2 aromatic heterocycles. The van der Waals surface area contributed by atoms with Crippen molar-refractivity contribution in [2.45, 2.75) is 18.9 Å². The summed E-state index contributed by atoms with van der Waals surface area (Å²) in [5, 5.41) is 3.00. The second kappa shape index (κ2) is 6.60. The minimum absolute atomic E-state index is 0.103. The number of aryl methyl sites for hydroxylation is 1. The van der Waals surface area contributed by atoms with Crippen LogP contribution in [0.15, 0.2) is 41.6 Å². The van der Waals surface area contributed by atoms with E-state index in [1.807, 2.05) is 0 Å². The Morgan fingerprint density at radius 3 is 2.61 bits per heavy atom. The van der Waals surface area contributed by atoms with Gasteiger partial charge in [0.15, 0.2) is 0 Å². The zero-order valence-corrected chi connectivity index (χ0v) is 13.0. The monoisotopic (exact) mass is 313 g/mol. The molecule has 0 bridgehead atoms. The number of pyridine rings is 1. The Hall–Kier alpha value is -2.70. The van der Waals surface area contributed by atoms with E-state index in [4.69, 9.17) is 0 Å². The molecule has 1 fully saturated rings. The van der Waals surface area contributed by atoms with Crippen molar-refractivity contribution in [1.82, 2.24) is 19.9 Å². The highest BCUT2D eigenvalue weighted by Gasteiger charge is 2.22. The Labute approximate surface area is 134 Å². The van der Waals surface area contributed by atoms with Crippen molar-refractivity contribution >= 4 is 11.9 Å². The zero-order chi connectivity index (χ0) is 16.2. The molecular formula is C16H19N5O2. The van der Waals surface area contributed by atoms with Crippen molar-refractivity contribution in [1.29, 1.82) is 0 Å². The molecule has 1 N–H and O–H groups in total. The molecule has 2 aromatic rings. The van der Waals surface area contributed by atoms with Gasteiger partial charge in [0, 0.05) is 56.4 Å². The van der Waals surface area contributed by atoms with E-state index in [2.05, 4.69) is 20.2 Å². The summed E-state index contributed by atoms with van der Waals surface area (Å²) < 4.78 is 1.44. The molecule has 3 heterocycles. The summed E-state index contributed by atoms with van der Waals surface area (Å²) in [6.45, 7) is 1.59. The van der Waals surface area contributed by atoms with Gasteiger partial charge in [-0.15, -0.1) is 0 Å². The third-order valence-corrected chi connectivity index (χ3v) is 4.03. The highest BCUT2D eigenvalue weighted by Crippen LogP contribution is 2.15. The maximum atomic E-state index is 12.2. The van der Waals surface area contributed by atoms with Crippen LogP contribution in [0.25, 0.3) is 0 Å². The van der Waals surface area contributed by atoms with Gasteiger partial charge < -0.3 is 14.8 Å². The first-order valence-corrected chi connectivity index (χ1v) is 7.63. The maximum absolute atomic E-state index is 12.2. The molecule has 1 amide bonds. The van der Waals surface area contributed by atoms with Crippen LogP contribution in [0.2, 0.25) is 0 Å². The first kappa shape index (κ1) is 15.2. The SMILES string of the molecule is Cn1ccc(C(=O)NC2CCN(c3ncccn3)CC2)cc1=O. The van der Waals surface area contributed by atoms with Crippen LogP contribution in [0.4, 0.5) is 5.95 Å². The second-order valence-electron chi connectivity index (χ2n) is 5.65. The van der Waals surface area contributed by atoms with Crippen LogP contribution in [0.3, 0.4) is 0 Å². The van der Waals surface area contributed by atoms with Crippen LogP contribution in [0, 0.1) is 0 Å². The van der Waals surface area contributed by atoms with E-state index in [-0.39, 0.29) is 17.5 Å². The predicted octanol–water partition coefficient (Wildman–Crippen LogP) is 0.574. The van der Waals surface area contributed by atoms with Gasteiger partial charge >= 0.3 is 0 Å². The Balaban J connectivity index is 1.57. The van der Waals surface area contributed by atoms with E-state index in [1.165, 1.54) is 10.6 Å². The van der Waals surface area contributed by atoms with Crippen LogP contribution in [0.5, 0.6) is 0 Å². The minimum Gasteiger partial charge on any atom is -0.349 e. The number of rotatable bonds is 3. The van der Waals surface area contributed by atoms with E-state index in [9.17, 15) is 9.59 Å². The molecule has 7 heteroatoms. The Bertz CT molecular complexity index is 736. The van der Waals surface area contributed by atoms with Gasteiger partial charge in [-0.25, -0.2) is 9.97 Å². The smallest absolute Gasteiger partial charge is 0.251 e. The molecule has 0 aromatic carbocycles. The number of hydrogen-bond donors (Lipinski definition) is 1. The fourth-order valence-corrected chi connectivity index (χ4v) is 2.64. The number of nitrogens with zero attached hydrogens (tertiary/aromatic N) is 4. The third-order valence-electron chi connectivity index (χ3n) is 4.03. The molecule has 0 aliphatic carbocycles. The van der Waals surface area contributed by atoms with Crippen LogP contribution < -0.4 is 15.8 Å². The number of anilines is 1. The van der Waals surface area contributed by atoms with Crippen LogP contribution in [-0.2, 0) is 7.05 Å². The van der Waals surface area contributed by atoms with Crippen LogP contribution in [-0.4, -0.2) is 39.6 Å². The van der Waals surface area contributed by atoms with Gasteiger partial charge in [-0.1, -0.05) is 0 Å². The Morgan fingerprint density at radius 1 is 1.26 bits per heavy atom. The summed E-state index contributed by atoms with van der Waals surface area (Å²) in [5.74, 6) is 0.529. The minimum atomic E-state index is -0.197. The molecule has 120 valence electrons. The van der Waals surface area contributed by atoms with Gasteiger partial charge in [0.2, 0.25) is 5.95 Å². The molecule has 0 spiro atoms. The van der Waals surface area contributed by atoms with Crippen molar-refractivity contribution < 1.29 is 4.79 Å². The first-order chi connectivity index (χ1) is 11.1. The van der Waals surface area contributed by atoms with Crippen LogP contribution >= 0.6 is 0 Å². The van der Waals surface area contributed by atoms with Gasteiger partial charge in [0.05, 0.1) is 0 Å². The fraction of sp³-hybridized carbons (Fsp3) is 0.375. The molecule has 0 atom stereocenters. The maximum Gasteiger partial charge on any atom is 0.251 e. The number of nitrogens with one attached hydrogen (secondary N) is 1. The van der Waals surface area contributed by atoms with E-state index in [0.29, 0.717) is 5.56 Å². The Kier molecular flexibility index (Phi) is 4.36. The number of amides is 1. The van der Waals surface area contributed by atoms with Crippen molar-refractivity contribution in [3.63, 3.8) is 0 Å². The standard InChI is InChI=1S/C16H19N5O2/c1-20-8-3-12(11-14(20)22)15(23)19-13-4-9-21(10-5-13)16-17-6-2-7-18-16/h2-3,6-8,11,13H,4-5,9-10H2,1H3,(H,19,23). The molecule has 0 unspecified atom stereocenters. The Morgan fingerprint density at radius 2 is 1.96 bits per heavy atom. The number of carbonyl (C=O) groups is 1. The molecular weight excluding hydrogens is 294 g/mol. The molecule has 3 rings (SSSR count). The van der Waals surface area contributed by atoms with Gasteiger partial charge in [-0.3, -0.25) is 9.59 Å². The topological polar surface area (TPSA) is 80.1 Å². The lowest BCUT2D eigenvalue weighted by molar-refractivity contribution is 0.0930. The van der Waals surface area contributed by atoms with E-state index >= 15 is 0 Å². The number of piperidine rings is 1. The van der Waals surface area contributed by atoms with E-state index in [0.717, 1.165) is 31.9 Å². The van der Waals surface area contributed by atoms with Gasteiger partial charge in [0.1, 0.15) is 0 Å². The summed E-state index contributed by atoms with van der Waals surface area (Å²) in [4.78, 5) is 34.4. The summed E-state index contributed by atoms with van der Waals surface area (Å²) in [6, 6.07) is 4.92. The predicted molar refractivity (Wildman–Crippen MR) is 86.4 cm³/mol. The normalized spacial score (nSPS) is 15.4.